The number of likely N-dealkylation sites (N-methyl/N-ethyl adjacent to an activating group) is 1. The highest BCUT2D eigenvalue weighted by Crippen LogP contribution is 2.41. The summed E-state index contributed by atoms with van der Waals surface area (Å²) in [5, 5.41) is 6.39. The average molecular weight is 383 g/mol. The number of rotatable bonds is 9. The molecule has 27 heavy (non-hydrogen) atoms. The van der Waals surface area contributed by atoms with Crippen LogP contribution in [0.15, 0.2) is 47.8 Å². The first-order chi connectivity index (χ1) is 13.3. The quantitative estimate of drug-likeness (QED) is 0.563. The van der Waals surface area contributed by atoms with Crippen molar-refractivity contribution >= 4 is 11.3 Å². The maximum absolute atomic E-state index is 5.97. The van der Waals surface area contributed by atoms with Crippen molar-refractivity contribution < 1.29 is 9.47 Å². The van der Waals surface area contributed by atoms with Crippen molar-refractivity contribution in [3.8, 4) is 33.9 Å². The van der Waals surface area contributed by atoms with Gasteiger partial charge in [-0.2, -0.15) is 0 Å². The Morgan fingerprint density at radius 2 is 1.63 bits per heavy atom. The second kappa shape index (κ2) is 9.53. The minimum Gasteiger partial charge on any atom is -0.493 e. The molecule has 4 nitrogen and oxygen atoms in total. The van der Waals surface area contributed by atoms with Gasteiger partial charge in [0.2, 0.25) is 0 Å². The minimum absolute atomic E-state index is 0.603. The van der Waals surface area contributed by atoms with Crippen LogP contribution < -0.4 is 14.8 Å². The first-order valence-electron chi connectivity index (χ1n) is 9.35. The predicted molar refractivity (Wildman–Crippen MR) is 113 cm³/mol. The van der Waals surface area contributed by atoms with Gasteiger partial charge in [-0.15, -0.1) is 11.3 Å². The first kappa shape index (κ1) is 19.4. The highest BCUT2D eigenvalue weighted by molar-refractivity contribution is 7.09. The lowest BCUT2D eigenvalue weighted by molar-refractivity contribution is 0.333. The van der Waals surface area contributed by atoms with Crippen molar-refractivity contribution in [2.75, 3.05) is 26.8 Å². The van der Waals surface area contributed by atoms with E-state index in [1.165, 1.54) is 0 Å². The maximum atomic E-state index is 5.97. The van der Waals surface area contributed by atoms with E-state index in [0.717, 1.165) is 51.9 Å². The standard InChI is InChI=1S/C22H26N2O2S/c1-4-25-20-14-18(19-15-27-22(24-19)11-12-23-3)21(26-5-2)13-17(20)16-9-7-6-8-10-16/h6-10,13-15,23H,4-5,11-12H2,1-3H3. The molecule has 2 aromatic carbocycles. The molecule has 1 heterocycles. The van der Waals surface area contributed by atoms with Crippen molar-refractivity contribution in [3.05, 3.63) is 52.9 Å². The number of benzene rings is 2. The Balaban J connectivity index is 2.07. The summed E-state index contributed by atoms with van der Waals surface area (Å²) in [6, 6.07) is 14.4. The molecule has 0 unspecified atom stereocenters. The van der Waals surface area contributed by atoms with Crippen LogP contribution in [0.1, 0.15) is 18.9 Å². The van der Waals surface area contributed by atoms with Crippen molar-refractivity contribution in [1.82, 2.24) is 10.3 Å². The maximum Gasteiger partial charge on any atom is 0.129 e. The molecule has 0 radical (unpaired) electrons. The number of nitrogens with zero attached hydrogens (tertiary/aromatic N) is 1. The predicted octanol–water partition coefficient (Wildman–Crippen LogP) is 5.04. The molecule has 3 aromatic rings. The molecule has 3 rings (SSSR count). The third kappa shape index (κ3) is 4.67. The van der Waals surface area contributed by atoms with Crippen LogP contribution in [-0.2, 0) is 6.42 Å². The molecule has 0 fully saturated rings. The Morgan fingerprint density at radius 1 is 0.963 bits per heavy atom. The molecule has 0 aliphatic rings. The summed E-state index contributed by atoms with van der Waals surface area (Å²) in [6.07, 6.45) is 0.922. The lowest BCUT2D eigenvalue weighted by Gasteiger charge is -2.16. The number of thiazole rings is 1. The lowest BCUT2D eigenvalue weighted by atomic mass is 10.0. The number of ether oxygens (including phenoxy) is 2. The van der Waals surface area contributed by atoms with E-state index in [0.29, 0.717) is 13.2 Å². The molecule has 0 saturated carbocycles. The van der Waals surface area contributed by atoms with Gasteiger partial charge in [-0.1, -0.05) is 30.3 Å². The smallest absolute Gasteiger partial charge is 0.129 e. The first-order valence-corrected chi connectivity index (χ1v) is 10.2. The molecular weight excluding hydrogens is 356 g/mol. The largest absolute Gasteiger partial charge is 0.493 e. The van der Waals surface area contributed by atoms with Gasteiger partial charge in [0.25, 0.3) is 0 Å². The Bertz CT molecular complexity index is 862. The molecular formula is C22H26N2O2S. The SMILES string of the molecule is CCOc1cc(-c2csc(CCNC)n2)c(OCC)cc1-c1ccccc1. The van der Waals surface area contributed by atoms with Gasteiger partial charge in [-0.3, -0.25) is 0 Å². The van der Waals surface area contributed by atoms with Gasteiger partial charge in [0, 0.05) is 29.5 Å². The summed E-state index contributed by atoms with van der Waals surface area (Å²) in [6.45, 7) is 6.14. The molecule has 142 valence electrons. The minimum atomic E-state index is 0.603. The van der Waals surface area contributed by atoms with Crippen LogP contribution in [0.2, 0.25) is 0 Å². The van der Waals surface area contributed by atoms with E-state index in [2.05, 4.69) is 35.0 Å². The van der Waals surface area contributed by atoms with Crippen LogP contribution in [0.25, 0.3) is 22.4 Å². The van der Waals surface area contributed by atoms with Crippen molar-refractivity contribution in [2.24, 2.45) is 0 Å². The summed E-state index contributed by atoms with van der Waals surface area (Å²) >= 11 is 1.68. The fourth-order valence-electron chi connectivity index (χ4n) is 2.93. The third-order valence-electron chi connectivity index (χ3n) is 4.18. The molecule has 0 aliphatic carbocycles. The fraction of sp³-hybridized carbons (Fsp3) is 0.318. The van der Waals surface area contributed by atoms with Gasteiger partial charge in [0.15, 0.2) is 0 Å². The zero-order chi connectivity index (χ0) is 19.1. The van der Waals surface area contributed by atoms with Gasteiger partial charge >= 0.3 is 0 Å². The van der Waals surface area contributed by atoms with Gasteiger partial charge < -0.3 is 14.8 Å². The molecule has 1 N–H and O–H groups in total. The molecule has 1 aromatic heterocycles. The molecule has 0 aliphatic heterocycles. The zero-order valence-corrected chi connectivity index (χ0v) is 16.9. The summed E-state index contributed by atoms with van der Waals surface area (Å²) in [7, 11) is 1.96. The lowest BCUT2D eigenvalue weighted by Crippen LogP contribution is -2.10. The number of hydrogen-bond donors (Lipinski definition) is 1. The summed E-state index contributed by atoms with van der Waals surface area (Å²) < 4.78 is 11.9. The number of aromatic nitrogens is 1. The second-order valence-electron chi connectivity index (χ2n) is 6.06. The second-order valence-corrected chi connectivity index (χ2v) is 7.00. The van der Waals surface area contributed by atoms with E-state index in [-0.39, 0.29) is 0 Å². The van der Waals surface area contributed by atoms with Crippen molar-refractivity contribution in [2.45, 2.75) is 20.3 Å². The molecule has 0 saturated heterocycles. The Kier molecular flexibility index (Phi) is 6.85. The summed E-state index contributed by atoms with van der Waals surface area (Å²) in [5.41, 5.74) is 4.07. The highest BCUT2D eigenvalue weighted by Gasteiger charge is 2.17. The Labute approximate surface area is 165 Å². The van der Waals surface area contributed by atoms with Crippen molar-refractivity contribution in [1.29, 1.82) is 0 Å². The van der Waals surface area contributed by atoms with Crippen LogP contribution in [-0.4, -0.2) is 31.8 Å². The van der Waals surface area contributed by atoms with Gasteiger partial charge in [0.05, 0.1) is 23.9 Å². The van der Waals surface area contributed by atoms with E-state index < -0.39 is 0 Å². The highest BCUT2D eigenvalue weighted by atomic mass is 32.1. The van der Waals surface area contributed by atoms with E-state index in [4.69, 9.17) is 14.5 Å². The van der Waals surface area contributed by atoms with Gasteiger partial charge in [0.1, 0.15) is 11.5 Å². The average Bonchev–Trinajstić information content (AvgIpc) is 3.17. The van der Waals surface area contributed by atoms with Crippen LogP contribution in [0, 0.1) is 0 Å². The van der Waals surface area contributed by atoms with Crippen LogP contribution >= 0.6 is 11.3 Å². The Morgan fingerprint density at radius 3 is 2.30 bits per heavy atom. The Hall–Kier alpha value is -2.37. The van der Waals surface area contributed by atoms with E-state index in [9.17, 15) is 0 Å². The third-order valence-corrected chi connectivity index (χ3v) is 5.09. The monoisotopic (exact) mass is 382 g/mol. The molecule has 0 atom stereocenters. The van der Waals surface area contributed by atoms with E-state index in [1.54, 1.807) is 11.3 Å². The number of nitrogens with one attached hydrogen (secondary N) is 1. The van der Waals surface area contributed by atoms with Crippen LogP contribution in [0.4, 0.5) is 0 Å². The molecule has 5 heteroatoms. The molecule has 0 spiro atoms. The number of hydrogen-bond acceptors (Lipinski definition) is 5. The zero-order valence-electron chi connectivity index (χ0n) is 16.1. The van der Waals surface area contributed by atoms with Gasteiger partial charge in [-0.05, 0) is 38.6 Å². The van der Waals surface area contributed by atoms with E-state index >= 15 is 0 Å². The van der Waals surface area contributed by atoms with E-state index in [1.807, 2.05) is 39.1 Å². The van der Waals surface area contributed by atoms with Crippen LogP contribution in [0.3, 0.4) is 0 Å². The summed E-state index contributed by atoms with van der Waals surface area (Å²) in [5.74, 6) is 1.69. The molecule has 0 bridgehead atoms. The van der Waals surface area contributed by atoms with Crippen molar-refractivity contribution in [3.63, 3.8) is 0 Å². The molecule has 0 amide bonds. The normalized spacial score (nSPS) is 10.8. The topological polar surface area (TPSA) is 43.4 Å². The van der Waals surface area contributed by atoms with Crippen LogP contribution in [0.5, 0.6) is 11.5 Å². The fourth-order valence-corrected chi connectivity index (χ4v) is 3.73. The van der Waals surface area contributed by atoms with Gasteiger partial charge in [-0.25, -0.2) is 4.98 Å². The summed E-state index contributed by atoms with van der Waals surface area (Å²) in [4.78, 5) is 4.81.